The number of fused-ring (bicyclic) bond motifs is 1. The predicted octanol–water partition coefficient (Wildman–Crippen LogP) is 3.12. The fraction of sp³-hybridized carbons (Fsp3) is 0.292. The SMILES string of the molecule is C=CC(=O)N[C@H]1CN(C(=O)NC)C[C@H]1Nc1ncc2cc(-c3c(Cl)c(OC)cc(OC)c3Cl)ncc2n1. The maximum Gasteiger partial charge on any atom is 0.317 e. The molecule has 13 heteroatoms. The van der Waals surface area contributed by atoms with Gasteiger partial charge in [0.1, 0.15) is 11.5 Å². The molecule has 0 radical (unpaired) electrons. The smallest absolute Gasteiger partial charge is 0.317 e. The van der Waals surface area contributed by atoms with Crippen LogP contribution in [0.3, 0.4) is 0 Å². The van der Waals surface area contributed by atoms with Gasteiger partial charge in [-0.2, -0.15) is 0 Å². The lowest BCUT2D eigenvalue weighted by Crippen LogP contribution is -2.45. The van der Waals surface area contributed by atoms with Crippen molar-refractivity contribution in [3.8, 4) is 22.8 Å². The molecule has 2 aromatic heterocycles. The molecule has 1 fully saturated rings. The van der Waals surface area contributed by atoms with Gasteiger partial charge in [0.15, 0.2) is 0 Å². The molecule has 3 amide bonds. The zero-order valence-corrected chi connectivity index (χ0v) is 21.9. The summed E-state index contributed by atoms with van der Waals surface area (Å²) in [4.78, 5) is 39.1. The zero-order valence-electron chi connectivity index (χ0n) is 20.3. The summed E-state index contributed by atoms with van der Waals surface area (Å²) in [7, 11) is 4.55. The van der Waals surface area contributed by atoms with Gasteiger partial charge in [-0.05, 0) is 12.1 Å². The Labute approximate surface area is 223 Å². The number of carbonyl (C=O) groups is 2. The van der Waals surface area contributed by atoms with Crippen LogP contribution in [-0.4, -0.2) is 78.2 Å². The largest absolute Gasteiger partial charge is 0.495 e. The maximum absolute atomic E-state index is 12.1. The third-order valence-electron chi connectivity index (χ3n) is 5.94. The molecule has 1 saturated heterocycles. The lowest BCUT2D eigenvalue weighted by atomic mass is 10.1. The summed E-state index contributed by atoms with van der Waals surface area (Å²) in [6, 6.07) is 2.43. The summed E-state index contributed by atoms with van der Waals surface area (Å²) >= 11 is 13.1. The van der Waals surface area contributed by atoms with E-state index in [0.29, 0.717) is 62.7 Å². The Hall–Kier alpha value is -3.83. The minimum atomic E-state index is -0.366. The zero-order chi connectivity index (χ0) is 26.7. The number of hydrogen-bond donors (Lipinski definition) is 3. The van der Waals surface area contributed by atoms with Crippen molar-refractivity contribution in [2.75, 3.05) is 39.7 Å². The lowest BCUT2D eigenvalue weighted by Gasteiger charge is -2.20. The van der Waals surface area contributed by atoms with Crippen molar-refractivity contribution in [3.05, 3.63) is 47.2 Å². The molecule has 1 aliphatic heterocycles. The van der Waals surface area contributed by atoms with Gasteiger partial charge < -0.3 is 30.3 Å². The fourth-order valence-electron chi connectivity index (χ4n) is 4.08. The number of nitrogens with one attached hydrogen (secondary N) is 3. The van der Waals surface area contributed by atoms with E-state index in [4.69, 9.17) is 32.7 Å². The Kier molecular flexibility index (Phi) is 7.84. The van der Waals surface area contributed by atoms with Crippen LogP contribution < -0.4 is 25.4 Å². The first-order valence-corrected chi connectivity index (χ1v) is 11.9. The number of rotatable bonds is 7. The molecule has 0 spiro atoms. The number of aromatic nitrogens is 3. The molecule has 194 valence electrons. The summed E-state index contributed by atoms with van der Waals surface area (Å²) in [5.41, 5.74) is 1.52. The van der Waals surface area contributed by atoms with Crippen molar-refractivity contribution < 1.29 is 19.1 Å². The van der Waals surface area contributed by atoms with Crippen LogP contribution >= 0.6 is 23.2 Å². The van der Waals surface area contributed by atoms with Crippen LogP contribution in [-0.2, 0) is 4.79 Å². The van der Waals surface area contributed by atoms with Crippen LogP contribution in [0.4, 0.5) is 10.7 Å². The van der Waals surface area contributed by atoms with Crippen molar-refractivity contribution in [3.63, 3.8) is 0 Å². The summed E-state index contributed by atoms with van der Waals surface area (Å²) in [5, 5.41) is 9.96. The van der Waals surface area contributed by atoms with Crippen LogP contribution in [0.2, 0.25) is 10.0 Å². The number of hydrogen-bond acceptors (Lipinski definition) is 8. The third-order valence-corrected chi connectivity index (χ3v) is 6.69. The highest BCUT2D eigenvalue weighted by molar-refractivity contribution is 6.41. The number of pyridine rings is 1. The van der Waals surface area contributed by atoms with Crippen LogP contribution in [0, 0.1) is 0 Å². The molecule has 3 heterocycles. The van der Waals surface area contributed by atoms with Crippen LogP contribution in [0.1, 0.15) is 0 Å². The van der Waals surface area contributed by atoms with Gasteiger partial charge in [-0.1, -0.05) is 29.8 Å². The number of likely N-dealkylation sites (tertiary alicyclic amines) is 1. The Morgan fingerprint density at radius 2 is 1.76 bits per heavy atom. The second-order valence-electron chi connectivity index (χ2n) is 8.14. The normalized spacial score (nSPS) is 16.8. The molecular weight excluding hydrogens is 521 g/mol. The Morgan fingerprint density at radius 1 is 1.08 bits per heavy atom. The van der Waals surface area contributed by atoms with E-state index in [2.05, 4.69) is 37.5 Å². The van der Waals surface area contributed by atoms with E-state index < -0.39 is 0 Å². The van der Waals surface area contributed by atoms with E-state index in [0.717, 1.165) is 0 Å². The number of carbonyl (C=O) groups excluding carboxylic acids is 2. The van der Waals surface area contributed by atoms with Gasteiger partial charge in [-0.15, -0.1) is 0 Å². The third kappa shape index (κ3) is 5.32. The molecule has 1 aliphatic rings. The number of amides is 3. The van der Waals surface area contributed by atoms with Crippen molar-refractivity contribution in [2.24, 2.45) is 0 Å². The van der Waals surface area contributed by atoms with Crippen molar-refractivity contribution >= 4 is 52.0 Å². The highest BCUT2D eigenvalue weighted by atomic mass is 35.5. The first kappa shape index (κ1) is 26.2. The molecule has 0 aliphatic carbocycles. The number of halogens is 2. The number of nitrogens with zero attached hydrogens (tertiary/aromatic N) is 4. The molecule has 3 N–H and O–H groups in total. The second-order valence-corrected chi connectivity index (χ2v) is 8.89. The molecule has 4 rings (SSSR count). The van der Waals surface area contributed by atoms with E-state index in [9.17, 15) is 9.59 Å². The van der Waals surface area contributed by atoms with Gasteiger partial charge in [0, 0.05) is 43.4 Å². The van der Waals surface area contributed by atoms with Gasteiger partial charge in [-0.3, -0.25) is 9.78 Å². The number of ether oxygens (including phenoxy) is 2. The van der Waals surface area contributed by atoms with Crippen LogP contribution in [0.25, 0.3) is 22.2 Å². The van der Waals surface area contributed by atoms with E-state index in [1.165, 1.54) is 20.3 Å². The molecule has 3 aromatic rings. The lowest BCUT2D eigenvalue weighted by molar-refractivity contribution is -0.117. The number of methoxy groups -OCH3 is 2. The fourth-order valence-corrected chi connectivity index (χ4v) is 4.77. The Balaban J connectivity index is 1.63. The second kappa shape index (κ2) is 11.1. The summed E-state index contributed by atoms with van der Waals surface area (Å²) in [6.07, 6.45) is 4.41. The van der Waals surface area contributed by atoms with Gasteiger partial charge >= 0.3 is 6.03 Å². The standard InChI is InChI=1S/C24H25Cl2N7O4/c1-5-19(34)30-15-10-33(24(35)27-2)11-16(15)32-23-29-8-12-6-13(28-9-14(12)31-23)20-21(25)17(36-3)7-18(37-4)22(20)26/h5-9,15-16H,1,10-11H2,2-4H3,(H,27,35)(H,30,34)(H,29,31,32)/t15-,16+/m0/s1. The van der Waals surface area contributed by atoms with E-state index in [-0.39, 0.29) is 24.0 Å². The van der Waals surface area contributed by atoms with Gasteiger partial charge in [0.25, 0.3) is 0 Å². The molecule has 0 bridgehead atoms. The summed E-state index contributed by atoms with van der Waals surface area (Å²) < 4.78 is 10.7. The van der Waals surface area contributed by atoms with Crippen molar-refractivity contribution in [2.45, 2.75) is 12.1 Å². The molecule has 0 unspecified atom stereocenters. The van der Waals surface area contributed by atoms with E-state index in [1.54, 1.807) is 36.5 Å². The number of benzene rings is 1. The number of urea groups is 1. The van der Waals surface area contributed by atoms with Crippen molar-refractivity contribution in [1.29, 1.82) is 0 Å². The summed E-state index contributed by atoms with van der Waals surface area (Å²) in [6.45, 7) is 4.15. The van der Waals surface area contributed by atoms with Gasteiger partial charge in [-0.25, -0.2) is 14.8 Å². The van der Waals surface area contributed by atoms with Gasteiger partial charge in [0.2, 0.25) is 11.9 Å². The molecule has 11 nitrogen and oxygen atoms in total. The predicted molar refractivity (Wildman–Crippen MR) is 141 cm³/mol. The average Bonchev–Trinajstić information content (AvgIpc) is 3.30. The number of anilines is 1. The molecule has 1 aromatic carbocycles. The molecular formula is C24H25Cl2N7O4. The van der Waals surface area contributed by atoms with E-state index >= 15 is 0 Å². The van der Waals surface area contributed by atoms with Crippen molar-refractivity contribution in [1.82, 2.24) is 30.5 Å². The monoisotopic (exact) mass is 545 g/mol. The maximum atomic E-state index is 12.1. The Morgan fingerprint density at radius 3 is 2.38 bits per heavy atom. The van der Waals surface area contributed by atoms with Crippen LogP contribution in [0.5, 0.6) is 11.5 Å². The minimum Gasteiger partial charge on any atom is -0.495 e. The molecule has 2 atom stereocenters. The Bertz CT molecular complexity index is 1340. The average molecular weight is 546 g/mol. The first-order chi connectivity index (χ1) is 17.8. The molecule has 0 saturated carbocycles. The van der Waals surface area contributed by atoms with E-state index in [1.807, 2.05) is 0 Å². The minimum absolute atomic E-state index is 0.246. The highest BCUT2D eigenvalue weighted by Gasteiger charge is 2.36. The van der Waals surface area contributed by atoms with Gasteiger partial charge in [0.05, 0.1) is 53.8 Å². The molecule has 37 heavy (non-hydrogen) atoms. The highest BCUT2D eigenvalue weighted by Crippen LogP contribution is 2.45. The quantitative estimate of drug-likeness (QED) is 0.386. The summed E-state index contributed by atoms with van der Waals surface area (Å²) in [5.74, 6) is 0.785. The van der Waals surface area contributed by atoms with Crippen LogP contribution in [0.15, 0.2) is 37.2 Å². The topological polar surface area (TPSA) is 131 Å². The first-order valence-electron chi connectivity index (χ1n) is 11.2.